The van der Waals surface area contributed by atoms with Gasteiger partial charge in [-0.05, 0) is 49.7 Å². The van der Waals surface area contributed by atoms with Crippen LogP contribution in [0.2, 0.25) is 0 Å². The van der Waals surface area contributed by atoms with E-state index in [1.165, 1.54) is 17.7 Å². The van der Waals surface area contributed by atoms with Crippen LogP contribution in [0.5, 0.6) is 0 Å². The summed E-state index contributed by atoms with van der Waals surface area (Å²) in [4.78, 5) is 3.46. The minimum absolute atomic E-state index is 0.139. The third-order valence-electron chi connectivity index (χ3n) is 4.99. The van der Waals surface area contributed by atoms with Crippen LogP contribution in [0.3, 0.4) is 0 Å². The van der Waals surface area contributed by atoms with Crippen molar-refractivity contribution in [2.75, 3.05) is 0 Å². The summed E-state index contributed by atoms with van der Waals surface area (Å²) in [6.45, 7) is 4.65. The predicted octanol–water partition coefficient (Wildman–Crippen LogP) is 5.16. The van der Waals surface area contributed by atoms with Crippen molar-refractivity contribution in [2.45, 2.75) is 30.8 Å². The van der Waals surface area contributed by atoms with E-state index < -0.39 is 20.2 Å². The maximum absolute atomic E-state index is 12.7. The Kier molecular flexibility index (Phi) is 5.41. The number of benzene rings is 2. The number of aryl methyl sites for hydroxylation is 2. The van der Waals surface area contributed by atoms with Crippen molar-refractivity contribution in [3.8, 4) is 22.8 Å². The number of hydrogen-bond acceptors (Lipinski definition) is 5. The van der Waals surface area contributed by atoms with E-state index >= 15 is 0 Å². The van der Waals surface area contributed by atoms with Gasteiger partial charge in [0.15, 0.2) is 0 Å². The van der Waals surface area contributed by atoms with Crippen molar-refractivity contribution < 1.29 is 26.1 Å². The maximum Gasteiger partial charge on any atom is 0.501 e. The first-order chi connectivity index (χ1) is 15.0. The van der Waals surface area contributed by atoms with Gasteiger partial charge in [-0.1, -0.05) is 35.0 Å². The van der Waals surface area contributed by atoms with Crippen LogP contribution in [0.4, 0.5) is 13.2 Å². The van der Waals surface area contributed by atoms with E-state index in [4.69, 9.17) is 4.52 Å². The van der Waals surface area contributed by atoms with E-state index in [2.05, 4.69) is 22.3 Å². The molecule has 10 heteroatoms. The fourth-order valence-electron chi connectivity index (χ4n) is 3.17. The minimum Gasteiger partial charge on any atom is -0.347 e. The van der Waals surface area contributed by atoms with Gasteiger partial charge in [-0.2, -0.15) is 18.2 Å². The van der Waals surface area contributed by atoms with Crippen LogP contribution in [0.15, 0.2) is 70.2 Å². The molecule has 4 rings (SSSR count). The van der Waals surface area contributed by atoms with Gasteiger partial charge in [0.25, 0.3) is 15.7 Å². The summed E-state index contributed by atoms with van der Waals surface area (Å²) in [5.41, 5.74) is -1.03. The summed E-state index contributed by atoms with van der Waals surface area (Å²) < 4.78 is 68.4. The van der Waals surface area contributed by atoms with E-state index in [9.17, 15) is 21.6 Å². The molecule has 0 aliphatic rings. The molecule has 0 radical (unpaired) electrons. The van der Waals surface area contributed by atoms with Crippen molar-refractivity contribution in [2.24, 2.45) is 0 Å². The van der Waals surface area contributed by atoms with Crippen LogP contribution in [0, 0.1) is 13.8 Å². The Labute approximate surface area is 182 Å². The number of hydrogen-bond donors (Lipinski definition) is 0. The van der Waals surface area contributed by atoms with Crippen molar-refractivity contribution in [3.63, 3.8) is 0 Å². The highest BCUT2D eigenvalue weighted by molar-refractivity contribution is 7.92. The summed E-state index contributed by atoms with van der Waals surface area (Å²) >= 11 is 0. The maximum atomic E-state index is 12.7. The zero-order valence-electron chi connectivity index (χ0n) is 17.1. The van der Waals surface area contributed by atoms with Gasteiger partial charge in [-0.25, -0.2) is 8.42 Å². The normalized spacial score (nSPS) is 12.3. The van der Waals surface area contributed by atoms with Crippen LogP contribution < -0.4 is 0 Å². The highest BCUT2D eigenvalue weighted by Crippen LogP contribution is 2.31. The van der Waals surface area contributed by atoms with Gasteiger partial charge in [-0.3, -0.25) is 0 Å². The molecule has 0 aliphatic heterocycles. The number of nitrogens with zero attached hydrogens (tertiary/aromatic N) is 3. The second-order valence-electron chi connectivity index (χ2n) is 7.38. The van der Waals surface area contributed by atoms with Gasteiger partial charge < -0.3 is 9.09 Å². The van der Waals surface area contributed by atoms with Crippen LogP contribution in [0.1, 0.15) is 16.8 Å². The largest absolute Gasteiger partial charge is 0.501 e. The van der Waals surface area contributed by atoms with Gasteiger partial charge in [-0.15, -0.1) is 0 Å². The molecule has 2 aromatic carbocycles. The quantitative estimate of drug-likeness (QED) is 0.410. The zero-order chi connectivity index (χ0) is 23.1. The number of sulfone groups is 1. The summed E-state index contributed by atoms with van der Waals surface area (Å²) in [6.07, 6.45) is 1.88. The Morgan fingerprint density at radius 1 is 0.969 bits per heavy atom. The summed E-state index contributed by atoms with van der Waals surface area (Å²) in [6, 6.07) is 14.3. The Balaban J connectivity index is 1.56. The highest BCUT2D eigenvalue weighted by Gasteiger charge is 2.46. The molecule has 6 nitrogen and oxygen atoms in total. The van der Waals surface area contributed by atoms with Crippen molar-refractivity contribution in [1.82, 2.24) is 14.7 Å². The number of aromatic nitrogens is 3. The van der Waals surface area contributed by atoms with E-state index in [0.717, 1.165) is 23.4 Å². The smallest absolute Gasteiger partial charge is 0.347 e. The summed E-state index contributed by atoms with van der Waals surface area (Å²) in [5, 5.41) is 3.87. The fraction of sp³-hybridized carbons (Fsp3) is 0.182. The van der Waals surface area contributed by atoms with Gasteiger partial charge >= 0.3 is 5.51 Å². The molecule has 2 heterocycles. The monoisotopic (exact) mass is 461 g/mol. The molecule has 0 spiro atoms. The Morgan fingerprint density at radius 2 is 1.62 bits per heavy atom. The van der Waals surface area contributed by atoms with Crippen LogP contribution in [-0.4, -0.2) is 28.6 Å². The average Bonchev–Trinajstić information content (AvgIpc) is 3.36. The molecule has 4 aromatic rings. The first kappa shape index (κ1) is 21.8. The van der Waals surface area contributed by atoms with Crippen LogP contribution in [0.25, 0.3) is 22.8 Å². The van der Waals surface area contributed by atoms with E-state index in [0.29, 0.717) is 17.7 Å². The molecule has 0 saturated heterocycles. The molecule has 0 N–H and O–H groups in total. The Morgan fingerprint density at radius 3 is 2.25 bits per heavy atom. The van der Waals surface area contributed by atoms with Gasteiger partial charge in [0.05, 0.1) is 10.5 Å². The lowest BCUT2D eigenvalue weighted by Gasteiger charge is -2.07. The van der Waals surface area contributed by atoms with Gasteiger partial charge in [0, 0.05) is 24.0 Å². The van der Waals surface area contributed by atoms with Gasteiger partial charge in [0.2, 0.25) is 5.82 Å². The van der Waals surface area contributed by atoms with Crippen molar-refractivity contribution in [1.29, 1.82) is 0 Å². The third-order valence-corrected chi connectivity index (χ3v) is 6.49. The Hall–Kier alpha value is -3.40. The molecule has 0 aliphatic carbocycles. The molecule has 0 amide bonds. The average molecular weight is 461 g/mol. The topological polar surface area (TPSA) is 78.0 Å². The molecular weight excluding hydrogens is 443 g/mol. The van der Waals surface area contributed by atoms with Gasteiger partial charge in [0.1, 0.15) is 0 Å². The fourth-order valence-corrected chi connectivity index (χ4v) is 3.93. The zero-order valence-corrected chi connectivity index (χ0v) is 17.9. The molecule has 0 atom stereocenters. The number of rotatable bonds is 5. The molecule has 32 heavy (non-hydrogen) atoms. The van der Waals surface area contributed by atoms with Crippen molar-refractivity contribution in [3.05, 3.63) is 77.6 Å². The second-order valence-corrected chi connectivity index (χ2v) is 9.32. The van der Waals surface area contributed by atoms with Crippen molar-refractivity contribution >= 4 is 9.84 Å². The standard InChI is InChI=1S/C22H18F3N3O3S/c1-14-3-5-16(6-4-14)12-28-13-18(11-15(28)2)21-26-20(27-31-21)17-7-9-19(10-8-17)32(29,30)22(23,24)25/h3-11,13H,12H2,1-2H3. The molecule has 0 unspecified atom stereocenters. The second kappa shape index (κ2) is 7.94. The van der Waals surface area contributed by atoms with E-state index in [1.807, 2.05) is 42.8 Å². The Bertz CT molecular complexity index is 1350. The third kappa shape index (κ3) is 4.18. The summed E-state index contributed by atoms with van der Waals surface area (Å²) in [5.74, 6) is 0.387. The lowest BCUT2D eigenvalue weighted by Crippen LogP contribution is -2.23. The summed E-state index contributed by atoms with van der Waals surface area (Å²) in [7, 11) is -5.41. The van der Waals surface area contributed by atoms with E-state index in [1.54, 1.807) is 0 Å². The molecule has 0 fully saturated rings. The lowest BCUT2D eigenvalue weighted by molar-refractivity contribution is -0.0436. The molecule has 0 saturated carbocycles. The molecule has 0 bridgehead atoms. The first-order valence-corrected chi connectivity index (χ1v) is 11.0. The lowest BCUT2D eigenvalue weighted by atomic mass is 10.1. The van der Waals surface area contributed by atoms with Crippen LogP contribution in [-0.2, 0) is 16.4 Å². The van der Waals surface area contributed by atoms with Crippen LogP contribution >= 0.6 is 0 Å². The minimum atomic E-state index is -5.41. The predicted molar refractivity (Wildman–Crippen MR) is 111 cm³/mol. The van der Waals surface area contributed by atoms with E-state index in [-0.39, 0.29) is 11.7 Å². The highest BCUT2D eigenvalue weighted by atomic mass is 32.2. The molecule has 166 valence electrons. The number of halogens is 3. The SMILES string of the molecule is Cc1ccc(Cn2cc(-c3nc(-c4ccc(S(=O)(=O)C(F)(F)F)cc4)no3)cc2C)cc1. The molecule has 2 aromatic heterocycles. The molecular formula is C22H18F3N3O3S. The first-order valence-electron chi connectivity index (χ1n) is 9.53. The number of alkyl halides is 3.